The van der Waals surface area contributed by atoms with Gasteiger partial charge in [0.05, 0.1) is 23.4 Å². The number of aromatic nitrogens is 1. The molecule has 1 aromatic heterocycles. The third kappa shape index (κ3) is 4.19. The molecule has 2 rings (SSSR count). The summed E-state index contributed by atoms with van der Waals surface area (Å²) in [5, 5.41) is 2.91. The van der Waals surface area contributed by atoms with E-state index in [0.717, 1.165) is 0 Å². The Hall–Kier alpha value is -3.09. The van der Waals surface area contributed by atoms with Crippen molar-refractivity contribution in [3.63, 3.8) is 0 Å². The Morgan fingerprint density at radius 2 is 1.81 bits per heavy atom. The Kier molecular flexibility index (Phi) is 6.39. The van der Waals surface area contributed by atoms with Crippen molar-refractivity contribution in [3.05, 3.63) is 52.3 Å². The fourth-order valence-corrected chi connectivity index (χ4v) is 2.87. The Bertz CT molecular complexity index is 869. The molecule has 0 unspecified atom stereocenters. The van der Waals surface area contributed by atoms with E-state index in [-0.39, 0.29) is 12.3 Å². The largest absolute Gasteiger partial charge is 0.462 e. The molecular weight excluding hydrogens is 348 g/mol. The van der Waals surface area contributed by atoms with E-state index in [0.29, 0.717) is 28.1 Å². The van der Waals surface area contributed by atoms with Crippen LogP contribution in [0, 0.1) is 13.8 Å². The fraction of sp³-hybridized carbons (Fsp3) is 0.350. The maximum absolute atomic E-state index is 12.8. The van der Waals surface area contributed by atoms with Crippen LogP contribution in [0.5, 0.6) is 0 Å². The topological polar surface area (TPSA) is 97.5 Å². The number of carbonyl (C=O) groups is 3. The van der Waals surface area contributed by atoms with E-state index in [2.05, 4.69) is 10.3 Å². The van der Waals surface area contributed by atoms with Gasteiger partial charge in [-0.05, 0) is 45.4 Å². The summed E-state index contributed by atoms with van der Waals surface area (Å²) in [4.78, 5) is 40.2. The molecule has 0 aliphatic heterocycles. The maximum atomic E-state index is 12.8. The molecule has 2 N–H and O–H groups in total. The van der Waals surface area contributed by atoms with Crippen molar-refractivity contribution in [2.45, 2.75) is 33.8 Å². The lowest BCUT2D eigenvalue weighted by Crippen LogP contribution is -2.25. The van der Waals surface area contributed by atoms with Gasteiger partial charge in [0, 0.05) is 18.4 Å². The number of ether oxygens (including phenoxy) is 2. The molecule has 0 spiro atoms. The molecular formula is C20H24N2O5. The van der Waals surface area contributed by atoms with Crippen LogP contribution in [0.4, 0.5) is 5.69 Å². The van der Waals surface area contributed by atoms with Crippen LogP contribution in [-0.2, 0) is 9.47 Å². The number of aryl methyl sites for hydroxylation is 1. The Labute approximate surface area is 158 Å². The van der Waals surface area contributed by atoms with Crippen molar-refractivity contribution in [2.75, 3.05) is 19.0 Å². The van der Waals surface area contributed by atoms with E-state index < -0.39 is 23.8 Å². The van der Waals surface area contributed by atoms with Gasteiger partial charge in [-0.3, -0.25) is 4.79 Å². The van der Waals surface area contributed by atoms with Gasteiger partial charge < -0.3 is 19.8 Å². The zero-order valence-electron chi connectivity index (χ0n) is 16.1. The van der Waals surface area contributed by atoms with E-state index in [9.17, 15) is 14.4 Å². The zero-order valence-corrected chi connectivity index (χ0v) is 16.1. The third-order valence-electron chi connectivity index (χ3n) is 4.23. The van der Waals surface area contributed by atoms with Crippen molar-refractivity contribution < 1.29 is 23.9 Å². The zero-order chi connectivity index (χ0) is 20.1. The molecule has 7 nitrogen and oxygen atoms in total. The molecule has 0 amide bonds. The van der Waals surface area contributed by atoms with Crippen LogP contribution < -0.4 is 5.32 Å². The number of para-hydroxylation sites is 1. The summed E-state index contributed by atoms with van der Waals surface area (Å²) in [6.45, 7) is 6.81. The van der Waals surface area contributed by atoms with Gasteiger partial charge in [0.1, 0.15) is 0 Å². The quantitative estimate of drug-likeness (QED) is 0.572. The molecule has 0 saturated carbocycles. The van der Waals surface area contributed by atoms with Crippen molar-refractivity contribution in [2.24, 2.45) is 0 Å². The maximum Gasteiger partial charge on any atom is 0.340 e. The molecule has 1 aromatic carbocycles. The smallest absolute Gasteiger partial charge is 0.340 e. The number of hydrogen-bond acceptors (Lipinski definition) is 6. The first-order valence-electron chi connectivity index (χ1n) is 8.70. The second kappa shape index (κ2) is 8.53. The Morgan fingerprint density at radius 1 is 1.15 bits per heavy atom. The summed E-state index contributed by atoms with van der Waals surface area (Å²) >= 11 is 0. The first-order valence-corrected chi connectivity index (χ1v) is 8.70. The number of nitrogens with one attached hydrogen (secondary N) is 2. The van der Waals surface area contributed by atoms with E-state index in [4.69, 9.17) is 9.47 Å². The number of ketones is 1. The first-order chi connectivity index (χ1) is 12.8. The average molecular weight is 372 g/mol. The highest BCUT2D eigenvalue weighted by molar-refractivity contribution is 6.05. The van der Waals surface area contributed by atoms with Crippen molar-refractivity contribution >= 4 is 23.4 Å². The van der Waals surface area contributed by atoms with Crippen LogP contribution in [0.3, 0.4) is 0 Å². The van der Waals surface area contributed by atoms with Gasteiger partial charge in [-0.2, -0.15) is 0 Å². The number of carbonyl (C=O) groups excluding carboxylic acids is 3. The van der Waals surface area contributed by atoms with Crippen LogP contribution in [0.25, 0.3) is 0 Å². The highest BCUT2D eigenvalue weighted by Crippen LogP contribution is 2.22. The number of rotatable bonds is 7. The van der Waals surface area contributed by atoms with Gasteiger partial charge in [-0.25, -0.2) is 9.59 Å². The number of esters is 2. The molecule has 0 fully saturated rings. The molecule has 0 bridgehead atoms. The number of Topliss-reactive ketones (excluding diaryl/α,β-unsaturated/α-hetero) is 1. The molecule has 0 radical (unpaired) electrons. The standard InChI is InChI=1S/C20H24N2O5/c1-6-26-20(25)16-11(2)17(22-12(16)3)18(23)13(4)27-19(24)14-9-7-8-10-15(14)21-5/h7-10,13,21-22H,6H2,1-5H3/t13-/m1/s1. The lowest BCUT2D eigenvalue weighted by Gasteiger charge is -2.14. The van der Waals surface area contributed by atoms with Gasteiger partial charge in [0.25, 0.3) is 0 Å². The van der Waals surface area contributed by atoms with E-state index in [1.54, 1.807) is 52.1 Å². The van der Waals surface area contributed by atoms with Gasteiger partial charge >= 0.3 is 11.9 Å². The number of anilines is 1. The van der Waals surface area contributed by atoms with Crippen LogP contribution in [0.1, 0.15) is 56.3 Å². The summed E-state index contributed by atoms with van der Waals surface area (Å²) in [5.74, 6) is -1.51. The summed E-state index contributed by atoms with van der Waals surface area (Å²) in [5.41, 5.74) is 2.53. The molecule has 144 valence electrons. The summed E-state index contributed by atoms with van der Waals surface area (Å²) in [7, 11) is 1.70. The van der Waals surface area contributed by atoms with Crippen LogP contribution in [0.2, 0.25) is 0 Å². The van der Waals surface area contributed by atoms with Gasteiger partial charge in [0.15, 0.2) is 6.10 Å². The molecule has 0 saturated heterocycles. The average Bonchev–Trinajstić information content (AvgIpc) is 2.95. The van der Waals surface area contributed by atoms with Crippen molar-refractivity contribution in [3.8, 4) is 0 Å². The van der Waals surface area contributed by atoms with Crippen molar-refractivity contribution in [1.29, 1.82) is 0 Å². The minimum atomic E-state index is -1.02. The minimum Gasteiger partial charge on any atom is -0.462 e. The molecule has 0 aliphatic carbocycles. The number of aromatic amines is 1. The normalized spacial score (nSPS) is 11.6. The highest BCUT2D eigenvalue weighted by Gasteiger charge is 2.28. The SMILES string of the molecule is CCOC(=O)c1c(C)[nH]c(C(=O)[C@@H](C)OC(=O)c2ccccc2NC)c1C. The summed E-state index contributed by atoms with van der Waals surface area (Å²) < 4.78 is 10.4. The van der Waals surface area contributed by atoms with E-state index >= 15 is 0 Å². The number of H-pyrrole nitrogens is 1. The summed E-state index contributed by atoms with van der Waals surface area (Å²) in [6, 6.07) is 6.87. The number of hydrogen-bond donors (Lipinski definition) is 2. The van der Waals surface area contributed by atoms with Crippen LogP contribution in [0.15, 0.2) is 24.3 Å². The van der Waals surface area contributed by atoms with Crippen LogP contribution >= 0.6 is 0 Å². The first kappa shape index (κ1) is 20.2. The third-order valence-corrected chi connectivity index (χ3v) is 4.23. The van der Waals surface area contributed by atoms with Crippen molar-refractivity contribution in [1.82, 2.24) is 4.98 Å². The molecule has 0 aliphatic rings. The van der Waals surface area contributed by atoms with Gasteiger partial charge in [-0.15, -0.1) is 0 Å². The fourth-order valence-electron chi connectivity index (χ4n) is 2.87. The molecule has 1 atom stereocenters. The molecule has 7 heteroatoms. The lowest BCUT2D eigenvalue weighted by atomic mass is 10.1. The van der Waals surface area contributed by atoms with Gasteiger partial charge in [-0.1, -0.05) is 12.1 Å². The summed E-state index contributed by atoms with van der Waals surface area (Å²) in [6.07, 6.45) is -1.02. The molecule has 27 heavy (non-hydrogen) atoms. The lowest BCUT2D eigenvalue weighted by molar-refractivity contribution is 0.0317. The second-order valence-electron chi connectivity index (χ2n) is 6.05. The van der Waals surface area contributed by atoms with Crippen LogP contribution in [-0.4, -0.2) is 42.5 Å². The molecule has 2 aromatic rings. The number of benzene rings is 1. The Balaban J connectivity index is 2.22. The predicted molar refractivity (Wildman–Crippen MR) is 101 cm³/mol. The predicted octanol–water partition coefficient (Wildman–Crippen LogP) is 3.28. The monoisotopic (exact) mass is 372 g/mol. The van der Waals surface area contributed by atoms with Gasteiger partial charge in [0.2, 0.25) is 5.78 Å². The van der Waals surface area contributed by atoms with E-state index in [1.165, 1.54) is 6.92 Å². The molecule has 1 heterocycles. The Morgan fingerprint density at radius 3 is 2.44 bits per heavy atom. The minimum absolute atomic E-state index is 0.234. The van der Waals surface area contributed by atoms with E-state index in [1.807, 2.05) is 0 Å². The second-order valence-corrected chi connectivity index (χ2v) is 6.05. The highest BCUT2D eigenvalue weighted by atomic mass is 16.5.